The van der Waals surface area contributed by atoms with Gasteiger partial charge in [0.25, 0.3) is 0 Å². The van der Waals surface area contributed by atoms with E-state index in [1.165, 1.54) is 0 Å². The number of rotatable bonds is 4. The van der Waals surface area contributed by atoms with E-state index in [0.717, 1.165) is 0 Å². The molecule has 6 nitrogen and oxygen atoms in total. The lowest BCUT2D eigenvalue weighted by Crippen LogP contribution is -2.35. The monoisotopic (exact) mass is 203 g/mol. The smallest absolute Gasteiger partial charge is 0.235 e. The minimum absolute atomic E-state index is 0.0312. The summed E-state index contributed by atoms with van der Waals surface area (Å²) >= 11 is 5.32. The molecular weight excluding hydrogens is 194 g/mol. The summed E-state index contributed by atoms with van der Waals surface area (Å²) in [6.45, 7) is 1.85. The number of hydrogen-bond acceptors (Lipinski definition) is 4. The van der Waals surface area contributed by atoms with Crippen molar-refractivity contribution >= 4 is 17.5 Å². The Morgan fingerprint density at radius 1 is 1.77 bits per heavy atom. The molecule has 0 saturated heterocycles. The van der Waals surface area contributed by atoms with Crippen LogP contribution in [-0.2, 0) is 11.2 Å². The summed E-state index contributed by atoms with van der Waals surface area (Å²) in [5.74, 6) is 0.344. The van der Waals surface area contributed by atoms with Gasteiger partial charge in [-0.3, -0.25) is 4.79 Å². The number of aromatic amines is 1. The molecule has 1 aromatic rings. The van der Waals surface area contributed by atoms with Crippen LogP contribution >= 0.6 is 11.6 Å². The van der Waals surface area contributed by atoms with Crippen molar-refractivity contribution in [3.05, 3.63) is 5.82 Å². The van der Waals surface area contributed by atoms with Crippen LogP contribution in [0.4, 0.5) is 0 Å². The average Bonchev–Trinajstić information content (AvgIpc) is 2.56. The predicted molar refractivity (Wildman–Crippen MR) is 46.2 cm³/mol. The first-order chi connectivity index (χ1) is 6.22. The maximum absolute atomic E-state index is 10.8. The SMILES string of the molecule is C[C@@H](Cc1nn[nH]n1)NC(=O)CCl. The predicted octanol–water partition coefficient (Wildman–Crippen LogP) is -0.514. The Hall–Kier alpha value is -1.17. The zero-order valence-electron chi connectivity index (χ0n) is 7.12. The first kappa shape index (κ1) is 9.91. The fourth-order valence-corrected chi connectivity index (χ4v) is 0.984. The van der Waals surface area contributed by atoms with Gasteiger partial charge in [0.1, 0.15) is 5.88 Å². The van der Waals surface area contributed by atoms with Crippen LogP contribution in [0.15, 0.2) is 0 Å². The van der Waals surface area contributed by atoms with Crippen molar-refractivity contribution < 1.29 is 4.79 Å². The van der Waals surface area contributed by atoms with E-state index in [9.17, 15) is 4.79 Å². The molecule has 1 heterocycles. The van der Waals surface area contributed by atoms with Crippen LogP contribution in [-0.4, -0.2) is 38.5 Å². The van der Waals surface area contributed by atoms with Gasteiger partial charge in [-0.25, -0.2) is 0 Å². The van der Waals surface area contributed by atoms with Gasteiger partial charge >= 0.3 is 0 Å². The summed E-state index contributed by atoms with van der Waals surface area (Å²) in [4.78, 5) is 10.8. The average molecular weight is 204 g/mol. The number of amides is 1. The minimum atomic E-state index is -0.197. The van der Waals surface area contributed by atoms with Crippen molar-refractivity contribution in [3.63, 3.8) is 0 Å². The van der Waals surface area contributed by atoms with E-state index in [-0.39, 0.29) is 17.8 Å². The molecule has 0 aliphatic heterocycles. The lowest BCUT2D eigenvalue weighted by atomic mass is 10.2. The van der Waals surface area contributed by atoms with Crippen molar-refractivity contribution in [1.29, 1.82) is 0 Å². The van der Waals surface area contributed by atoms with Gasteiger partial charge in [-0.1, -0.05) is 5.21 Å². The number of halogens is 1. The highest BCUT2D eigenvalue weighted by molar-refractivity contribution is 6.27. The molecule has 0 aliphatic carbocycles. The fourth-order valence-electron chi connectivity index (χ4n) is 0.907. The Labute approximate surface area is 80.0 Å². The van der Waals surface area contributed by atoms with Crippen LogP contribution in [0.3, 0.4) is 0 Å². The van der Waals surface area contributed by atoms with Crippen LogP contribution in [0.1, 0.15) is 12.7 Å². The topological polar surface area (TPSA) is 83.6 Å². The number of tetrazole rings is 1. The van der Waals surface area contributed by atoms with Crippen molar-refractivity contribution in [1.82, 2.24) is 25.9 Å². The van der Waals surface area contributed by atoms with E-state index in [2.05, 4.69) is 25.9 Å². The molecule has 1 rings (SSSR count). The summed E-state index contributed by atoms with van der Waals surface area (Å²) in [5.41, 5.74) is 0. The molecule has 2 N–H and O–H groups in total. The number of aromatic nitrogens is 4. The molecule has 1 atom stereocenters. The Balaban J connectivity index is 2.33. The van der Waals surface area contributed by atoms with Gasteiger partial charge in [0, 0.05) is 12.5 Å². The number of carbonyl (C=O) groups is 1. The molecule has 0 spiro atoms. The normalized spacial score (nSPS) is 12.5. The lowest BCUT2D eigenvalue weighted by Gasteiger charge is -2.09. The molecule has 1 amide bonds. The largest absolute Gasteiger partial charge is 0.352 e. The molecule has 72 valence electrons. The van der Waals surface area contributed by atoms with E-state index < -0.39 is 0 Å². The third-order valence-electron chi connectivity index (χ3n) is 1.41. The number of alkyl halides is 1. The van der Waals surface area contributed by atoms with Gasteiger partial charge in [-0.05, 0) is 6.92 Å². The molecule has 13 heavy (non-hydrogen) atoms. The summed E-state index contributed by atoms with van der Waals surface area (Å²) < 4.78 is 0. The van der Waals surface area contributed by atoms with Gasteiger partial charge in [0.2, 0.25) is 5.91 Å². The third-order valence-corrected chi connectivity index (χ3v) is 1.65. The number of carbonyl (C=O) groups excluding carboxylic acids is 1. The Bertz CT molecular complexity index is 262. The second-order valence-corrected chi connectivity index (χ2v) is 2.90. The van der Waals surface area contributed by atoms with E-state index in [1.807, 2.05) is 6.92 Å². The second kappa shape index (κ2) is 4.76. The zero-order valence-corrected chi connectivity index (χ0v) is 7.88. The molecule has 0 radical (unpaired) electrons. The van der Waals surface area contributed by atoms with E-state index in [4.69, 9.17) is 11.6 Å². The molecule has 0 saturated carbocycles. The maximum Gasteiger partial charge on any atom is 0.235 e. The molecule has 0 aliphatic rings. The van der Waals surface area contributed by atoms with Gasteiger partial charge in [-0.15, -0.1) is 21.8 Å². The number of nitrogens with one attached hydrogen (secondary N) is 2. The van der Waals surface area contributed by atoms with Crippen LogP contribution in [0.2, 0.25) is 0 Å². The summed E-state index contributed by atoms with van der Waals surface area (Å²) in [6, 6.07) is -0.0381. The molecule has 0 unspecified atom stereocenters. The highest BCUT2D eigenvalue weighted by Gasteiger charge is 2.09. The third kappa shape index (κ3) is 3.37. The van der Waals surface area contributed by atoms with Gasteiger partial charge in [-0.2, -0.15) is 5.21 Å². The lowest BCUT2D eigenvalue weighted by molar-refractivity contribution is -0.119. The molecule has 0 bridgehead atoms. The quantitative estimate of drug-likeness (QED) is 0.646. The molecular formula is C6H10ClN5O. The first-order valence-electron chi connectivity index (χ1n) is 3.80. The molecule has 0 fully saturated rings. The summed E-state index contributed by atoms with van der Waals surface area (Å²) in [5, 5.41) is 15.9. The van der Waals surface area contributed by atoms with Crippen LogP contribution in [0, 0.1) is 0 Å². The molecule has 7 heteroatoms. The van der Waals surface area contributed by atoms with E-state index in [1.54, 1.807) is 0 Å². The zero-order chi connectivity index (χ0) is 9.68. The standard InChI is InChI=1S/C6H10ClN5O/c1-4(8-6(13)3-7)2-5-9-11-12-10-5/h4H,2-3H2,1H3,(H,8,13)(H,9,10,11,12)/t4-/m0/s1. The Morgan fingerprint density at radius 2 is 2.54 bits per heavy atom. The minimum Gasteiger partial charge on any atom is -0.352 e. The number of hydrogen-bond donors (Lipinski definition) is 2. The van der Waals surface area contributed by atoms with Crippen molar-refractivity contribution in [2.75, 3.05) is 5.88 Å². The number of H-pyrrole nitrogens is 1. The highest BCUT2D eigenvalue weighted by atomic mass is 35.5. The second-order valence-electron chi connectivity index (χ2n) is 2.63. The molecule has 1 aromatic heterocycles. The van der Waals surface area contributed by atoms with Gasteiger partial charge in [0.15, 0.2) is 5.82 Å². The van der Waals surface area contributed by atoms with Crippen LogP contribution < -0.4 is 5.32 Å². The fraction of sp³-hybridized carbons (Fsp3) is 0.667. The van der Waals surface area contributed by atoms with Crippen LogP contribution in [0.5, 0.6) is 0 Å². The maximum atomic E-state index is 10.8. The summed E-state index contributed by atoms with van der Waals surface area (Å²) in [6.07, 6.45) is 0.541. The van der Waals surface area contributed by atoms with Gasteiger partial charge in [0.05, 0.1) is 0 Å². The van der Waals surface area contributed by atoms with Crippen molar-refractivity contribution in [3.8, 4) is 0 Å². The highest BCUT2D eigenvalue weighted by Crippen LogP contribution is 1.93. The van der Waals surface area contributed by atoms with Crippen molar-refractivity contribution in [2.45, 2.75) is 19.4 Å². The first-order valence-corrected chi connectivity index (χ1v) is 4.33. The summed E-state index contributed by atoms with van der Waals surface area (Å²) in [7, 11) is 0. The van der Waals surface area contributed by atoms with Gasteiger partial charge < -0.3 is 5.32 Å². The van der Waals surface area contributed by atoms with E-state index >= 15 is 0 Å². The van der Waals surface area contributed by atoms with E-state index in [0.29, 0.717) is 12.2 Å². The Kier molecular flexibility index (Phi) is 3.63. The molecule has 0 aromatic carbocycles. The Morgan fingerprint density at radius 3 is 3.08 bits per heavy atom. The van der Waals surface area contributed by atoms with Crippen molar-refractivity contribution in [2.24, 2.45) is 0 Å². The number of nitrogens with zero attached hydrogens (tertiary/aromatic N) is 3. The van der Waals surface area contributed by atoms with Crippen LogP contribution in [0.25, 0.3) is 0 Å².